The summed E-state index contributed by atoms with van der Waals surface area (Å²) in [4.78, 5) is 28.3. The van der Waals surface area contributed by atoms with Gasteiger partial charge in [-0.1, -0.05) is 30.1 Å². The summed E-state index contributed by atoms with van der Waals surface area (Å²) >= 11 is 12.2. The third kappa shape index (κ3) is 5.93. The Balaban J connectivity index is 1.59. The van der Waals surface area contributed by atoms with Gasteiger partial charge in [-0.3, -0.25) is 9.59 Å². The van der Waals surface area contributed by atoms with Crippen molar-refractivity contribution >= 4 is 52.5 Å². The van der Waals surface area contributed by atoms with Crippen LogP contribution in [-0.4, -0.2) is 50.0 Å². The van der Waals surface area contributed by atoms with Crippen LogP contribution in [-0.2, 0) is 9.59 Å². The topological polar surface area (TPSA) is 61.9 Å². The first kappa shape index (κ1) is 23.0. The third-order valence-corrected chi connectivity index (χ3v) is 5.59. The molecule has 3 rings (SSSR count). The lowest BCUT2D eigenvalue weighted by Crippen LogP contribution is -2.48. The van der Waals surface area contributed by atoms with Crippen molar-refractivity contribution in [1.82, 2.24) is 4.90 Å². The maximum Gasteiger partial charge on any atom is 0.248 e. The number of hydrogen-bond donors (Lipinski definition) is 1. The van der Waals surface area contributed by atoms with Crippen LogP contribution in [0.15, 0.2) is 42.5 Å². The zero-order valence-corrected chi connectivity index (χ0v) is 19.0. The molecule has 2 aromatic rings. The average Bonchev–Trinajstić information content (AvgIpc) is 2.77. The molecule has 0 atom stereocenters. The number of nitrogens with zero attached hydrogens (tertiary/aromatic N) is 2. The van der Waals surface area contributed by atoms with Crippen LogP contribution < -0.4 is 15.0 Å². The van der Waals surface area contributed by atoms with Crippen molar-refractivity contribution in [3.05, 3.63) is 58.1 Å². The van der Waals surface area contributed by atoms with Crippen LogP contribution in [0.5, 0.6) is 5.75 Å². The number of halogens is 2. The van der Waals surface area contributed by atoms with Gasteiger partial charge in [0, 0.05) is 60.6 Å². The van der Waals surface area contributed by atoms with E-state index in [2.05, 4.69) is 10.2 Å². The second-order valence-corrected chi connectivity index (χ2v) is 7.94. The molecule has 2 amide bonds. The van der Waals surface area contributed by atoms with Gasteiger partial charge in [0.25, 0.3) is 0 Å². The van der Waals surface area contributed by atoms with Gasteiger partial charge in [-0.05, 0) is 42.5 Å². The number of carbonyl (C=O) groups is 2. The van der Waals surface area contributed by atoms with Gasteiger partial charge in [-0.25, -0.2) is 0 Å². The predicted molar refractivity (Wildman–Crippen MR) is 126 cm³/mol. The molecule has 31 heavy (non-hydrogen) atoms. The maximum atomic E-state index is 12.3. The summed E-state index contributed by atoms with van der Waals surface area (Å²) in [6, 6.07) is 10.9. The Morgan fingerprint density at radius 2 is 1.77 bits per heavy atom. The van der Waals surface area contributed by atoms with Gasteiger partial charge in [-0.15, -0.1) is 0 Å². The van der Waals surface area contributed by atoms with Crippen molar-refractivity contribution in [1.29, 1.82) is 0 Å². The molecule has 164 valence electrons. The van der Waals surface area contributed by atoms with E-state index >= 15 is 0 Å². The van der Waals surface area contributed by atoms with Gasteiger partial charge in [-0.2, -0.15) is 0 Å². The summed E-state index contributed by atoms with van der Waals surface area (Å²) in [5.74, 6) is 0.376. The molecule has 1 aliphatic rings. The normalized spacial score (nSPS) is 14.1. The highest BCUT2D eigenvalue weighted by Crippen LogP contribution is 2.33. The number of hydrogen-bond acceptors (Lipinski definition) is 4. The van der Waals surface area contributed by atoms with Crippen molar-refractivity contribution in [2.45, 2.75) is 13.3 Å². The van der Waals surface area contributed by atoms with E-state index in [1.54, 1.807) is 18.2 Å². The number of benzene rings is 2. The minimum Gasteiger partial charge on any atom is -0.495 e. The fourth-order valence-corrected chi connectivity index (χ4v) is 4.05. The van der Waals surface area contributed by atoms with Crippen LogP contribution in [0.1, 0.15) is 18.9 Å². The van der Waals surface area contributed by atoms with Gasteiger partial charge in [0.15, 0.2) is 0 Å². The van der Waals surface area contributed by atoms with Crippen molar-refractivity contribution < 1.29 is 14.3 Å². The van der Waals surface area contributed by atoms with E-state index in [0.717, 1.165) is 31.9 Å². The number of piperazine rings is 1. The van der Waals surface area contributed by atoms with Crippen molar-refractivity contribution in [3.8, 4) is 5.75 Å². The first-order valence-electron chi connectivity index (χ1n) is 10.1. The van der Waals surface area contributed by atoms with Gasteiger partial charge in [0.1, 0.15) is 5.75 Å². The highest BCUT2D eigenvalue weighted by Gasteiger charge is 2.20. The highest BCUT2D eigenvalue weighted by atomic mass is 35.5. The lowest BCUT2D eigenvalue weighted by molar-refractivity contribution is -0.131. The molecule has 1 aliphatic heterocycles. The average molecular weight is 462 g/mol. The van der Waals surface area contributed by atoms with E-state index < -0.39 is 0 Å². The summed E-state index contributed by atoms with van der Waals surface area (Å²) in [5, 5.41) is 3.67. The lowest BCUT2D eigenvalue weighted by atomic mass is 10.2. The van der Waals surface area contributed by atoms with Crippen LogP contribution >= 0.6 is 23.2 Å². The molecule has 0 unspecified atom stereocenters. The van der Waals surface area contributed by atoms with Crippen molar-refractivity contribution in [3.63, 3.8) is 0 Å². The second kappa shape index (κ2) is 10.6. The second-order valence-electron chi connectivity index (χ2n) is 7.10. The Morgan fingerprint density at radius 3 is 2.39 bits per heavy atom. The molecular weight excluding hydrogens is 437 g/mol. The SMILES string of the molecule is CCC(=O)N1CCN(c2ccc(NC(=O)C=Cc3cc(Cl)cc(Cl)c3OC)cc2)CC1. The van der Waals surface area contributed by atoms with E-state index in [1.165, 1.54) is 13.2 Å². The molecule has 8 heteroatoms. The van der Waals surface area contributed by atoms with Gasteiger partial charge < -0.3 is 19.9 Å². The fraction of sp³-hybridized carbons (Fsp3) is 0.304. The van der Waals surface area contributed by atoms with Gasteiger partial charge in [0.05, 0.1) is 12.1 Å². The van der Waals surface area contributed by atoms with E-state index in [-0.39, 0.29) is 11.8 Å². The van der Waals surface area contributed by atoms with E-state index in [0.29, 0.717) is 33.5 Å². The first-order valence-corrected chi connectivity index (χ1v) is 10.8. The Morgan fingerprint density at radius 1 is 1.10 bits per heavy atom. The van der Waals surface area contributed by atoms with Crippen LogP contribution in [0.25, 0.3) is 6.08 Å². The zero-order chi connectivity index (χ0) is 22.4. The molecule has 0 aromatic heterocycles. The van der Waals surface area contributed by atoms with E-state index in [9.17, 15) is 9.59 Å². The molecule has 6 nitrogen and oxygen atoms in total. The van der Waals surface area contributed by atoms with Gasteiger partial charge in [0.2, 0.25) is 11.8 Å². The summed E-state index contributed by atoms with van der Waals surface area (Å²) in [6.07, 6.45) is 3.56. The van der Waals surface area contributed by atoms with Crippen LogP contribution in [0.3, 0.4) is 0 Å². The number of anilines is 2. The third-order valence-electron chi connectivity index (χ3n) is 5.09. The van der Waals surface area contributed by atoms with Crippen LogP contribution in [0, 0.1) is 0 Å². The van der Waals surface area contributed by atoms with Crippen LogP contribution in [0.4, 0.5) is 11.4 Å². The minimum absolute atomic E-state index is 0.198. The molecule has 1 heterocycles. The number of nitrogens with one attached hydrogen (secondary N) is 1. The summed E-state index contributed by atoms with van der Waals surface area (Å²) in [5.41, 5.74) is 2.37. The molecule has 0 spiro atoms. The van der Waals surface area contributed by atoms with Crippen LogP contribution in [0.2, 0.25) is 10.0 Å². The van der Waals surface area contributed by atoms with E-state index in [1.807, 2.05) is 36.1 Å². The Bertz CT molecular complexity index is 969. The molecule has 0 radical (unpaired) electrons. The molecule has 0 bridgehead atoms. The predicted octanol–water partition coefficient (Wildman–Crippen LogP) is 4.71. The molecule has 0 saturated carbocycles. The summed E-state index contributed by atoms with van der Waals surface area (Å²) in [6.45, 7) is 4.94. The maximum absolute atomic E-state index is 12.3. The Labute approximate surface area is 192 Å². The summed E-state index contributed by atoms with van der Waals surface area (Å²) < 4.78 is 5.28. The van der Waals surface area contributed by atoms with E-state index in [4.69, 9.17) is 27.9 Å². The van der Waals surface area contributed by atoms with Gasteiger partial charge >= 0.3 is 0 Å². The molecule has 1 fully saturated rings. The Kier molecular flexibility index (Phi) is 7.82. The number of ether oxygens (including phenoxy) is 1. The molecule has 1 N–H and O–H groups in total. The summed E-state index contributed by atoms with van der Waals surface area (Å²) in [7, 11) is 1.51. The first-order chi connectivity index (χ1) is 14.9. The monoisotopic (exact) mass is 461 g/mol. The largest absolute Gasteiger partial charge is 0.495 e. The van der Waals surface area contributed by atoms with Crippen molar-refractivity contribution in [2.24, 2.45) is 0 Å². The minimum atomic E-state index is -0.280. The van der Waals surface area contributed by atoms with Crippen molar-refractivity contribution in [2.75, 3.05) is 43.5 Å². The quantitative estimate of drug-likeness (QED) is 0.632. The standard InChI is InChI=1S/C23H25Cl2N3O3/c1-3-22(30)28-12-10-27(11-13-28)19-7-5-18(6-8-19)26-21(29)9-4-16-14-17(24)15-20(25)23(16)31-2/h4-9,14-15H,3,10-13H2,1-2H3,(H,26,29). The number of methoxy groups -OCH3 is 1. The molecule has 2 aromatic carbocycles. The molecule has 0 aliphatic carbocycles. The highest BCUT2D eigenvalue weighted by molar-refractivity contribution is 6.36. The zero-order valence-electron chi connectivity index (χ0n) is 17.5. The Hall–Kier alpha value is -2.70. The smallest absolute Gasteiger partial charge is 0.248 e. The lowest BCUT2D eigenvalue weighted by Gasteiger charge is -2.36. The molecular formula is C23H25Cl2N3O3. The number of amides is 2. The molecule has 1 saturated heterocycles. The fourth-order valence-electron chi connectivity index (χ4n) is 3.46. The number of carbonyl (C=O) groups excluding carboxylic acids is 2. The number of rotatable bonds is 6.